The second kappa shape index (κ2) is 6.64. The number of aromatic nitrogens is 1. The summed E-state index contributed by atoms with van der Waals surface area (Å²) < 4.78 is 2.15. The Kier molecular flexibility index (Phi) is 5.13. The lowest BCUT2D eigenvalue weighted by atomic mass is 10.0. The molecule has 0 saturated heterocycles. The van der Waals surface area contributed by atoms with Crippen molar-refractivity contribution in [1.29, 1.82) is 0 Å². The van der Waals surface area contributed by atoms with E-state index in [-0.39, 0.29) is 6.04 Å². The predicted molar refractivity (Wildman–Crippen MR) is 86.3 cm³/mol. The Morgan fingerprint density at radius 2 is 2.00 bits per heavy atom. The lowest BCUT2D eigenvalue weighted by molar-refractivity contribution is 0.582. The van der Waals surface area contributed by atoms with Gasteiger partial charge in [-0.1, -0.05) is 28.1 Å². The van der Waals surface area contributed by atoms with Gasteiger partial charge < -0.3 is 5.32 Å². The molecule has 0 bridgehead atoms. The van der Waals surface area contributed by atoms with Crippen LogP contribution in [0.5, 0.6) is 0 Å². The molecule has 1 atom stereocenters. The monoisotopic (exact) mass is 382 g/mol. The summed E-state index contributed by atoms with van der Waals surface area (Å²) in [7, 11) is 1.98. The summed E-state index contributed by atoms with van der Waals surface area (Å²) in [5.41, 5.74) is 3.60. The molecule has 1 aromatic heterocycles. The molecule has 1 unspecified atom stereocenters. The third-order valence-electron chi connectivity index (χ3n) is 3.08. The van der Waals surface area contributed by atoms with Crippen LogP contribution in [-0.2, 0) is 6.42 Å². The Hall–Kier alpha value is -0.710. The second-order valence-electron chi connectivity index (χ2n) is 4.54. The number of likely N-dealkylation sites (N-methyl/N-ethyl adjacent to an activating group) is 1. The highest BCUT2D eigenvalue weighted by Gasteiger charge is 2.14. The van der Waals surface area contributed by atoms with Crippen molar-refractivity contribution in [3.8, 4) is 0 Å². The van der Waals surface area contributed by atoms with Crippen molar-refractivity contribution in [1.82, 2.24) is 10.3 Å². The largest absolute Gasteiger partial charge is 0.313 e. The van der Waals surface area contributed by atoms with Gasteiger partial charge in [-0.3, -0.25) is 4.98 Å². The number of hydrogen-bond donors (Lipinski definition) is 1. The van der Waals surface area contributed by atoms with Gasteiger partial charge in [0.15, 0.2) is 0 Å². The van der Waals surface area contributed by atoms with Crippen LogP contribution in [0.2, 0.25) is 0 Å². The van der Waals surface area contributed by atoms with Crippen molar-refractivity contribution in [2.75, 3.05) is 7.05 Å². The summed E-state index contributed by atoms with van der Waals surface area (Å²) in [5.74, 6) is 0. The molecule has 0 fully saturated rings. The maximum Gasteiger partial charge on any atom is 0.0423 e. The van der Waals surface area contributed by atoms with Gasteiger partial charge >= 0.3 is 0 Å². The van der Waals surface area contributed by atoms with Gasteiger partial charge in [0, 0.05) is 33.3 Å². The van der Waals surface area contributed by atoms with Crippen LogP contribution in [0.1, 0.15) is 22.9 Å². The number of aryl methyl sites for hydroxylation is 1. The maximum atomic E-state index is 4.44. The first-order valence-electron chi connectivity index (χ1n) is 6.14. The first-order valence-corrected chi connectivity index (χ1v) is 7.72. The molecule has 0 amide bonds. The molecule has 2 rings (SSSR count). The second-order valence-corrected chi connectivity index (χ2v) is 6.31. The van der Waals surface area contributed by atoms with Gasteiger partial charge in [-0.15, -0.1) is 0 Å². The minimum Gasteiger partial charge on any atom is -0.313 e. The molecule has 1 N–H and O–H groups in total. The summed E-state index contributed by atoms with van der Waals surface area (Å²) in [6.07, 6.45) is 2.71. The zero-order chi connectivity index (χ0) is 13.8. The third kappa shape index (κ3) is 3.88. The third-order valence-corrected chi connectivity index (χ3v) is 4.24. The van der Waals surface area contributed by atoms with Gasteiger partial charge in [-0.25, -0.2) is 0 Å². The van der Waals surface area contributed by atoms with E-state index >= 15 is 0 Å². The van der Waals surface area contributed by atoms with Crippen molar-refractivity contribution in [2.45, 2.75) is 19.4 Å². The SMILES string of the molecule is CNC(Cc1ccc(Br)cn1)c1ccc(C)cc1Br. The molecule has 100 valence electrons. The van der Waals surface area contributed by atoms with E-state index in [1.165, 1.54) is 11.1 Å². The standard InChI is InChI=1S/C15H16Br2N2/c1-10-3-6-13(14(17)7-10)15(18-2)8-12-5-4-11(16)9-19-12/h3-7,9,15,18H,8H2,1-2H3. The molecular formula is C15H16Br2N2. The minimum atomic E-state index is 0.253. The first-order chi connectivity index (χ1) is 9.10. The molecular weight excluding hydrogens is 368 g/mol. The summed E-state index contributed by atoms with van der Waals surface area (Å²) in [6, 6.07) is 10.8. The molecule has 0 aliphatic rings. The van der Waals surface area contributed by atoms with E-state index in [0.29, 0.717) is 0 Å². The van der Waals surface area contributed by atoms with Crippen molar-refractivity contribution in [2.24, 2.45) is 0 Å². The van der Waals surface area contributed by atoms with Crippen LogP contribution >= 0.6 is 31.9 Å². The van der Waals surface area contributed by atoms with Crippen molar-refractivity contribution in [3.63, 3.8) is 0 Å². The van der Waals surface area contributed by atoms with E-state index in [1.807, 2.05) is 19.3 Å². The highest BCUT2D eigenvalue weighted by Crippen LogP contribution is 2.26. The Morgan fingerprint density at radius 1 is 1.21 bits per heavy atom. The molecule has 0 spiro atoms. The van der Waals surface area contributed by atoms with Gasteiger partial charge in [0.25, 0.3) is 0 Å². The lowest BCUT2D eigenvalue weighted by Gasteiger charge is -2.18. The van der Waals surface area contributed by atoms with Crippen LogP contribution in [0, 0.1) is 6.92 Å². The molecule has 0 aliphatic heterocycles. The summed E-state index contributed by atoms with van der Waals surface area (Å²) in [4.78, 5) is 4.44. The molecule has 1 heterocycles. The fourth-order valence-electron chi connectivity index (χ4n) is 2.02. The zero-order valence-corrected chi connectivity index (χ0v) is 14.1. The van der Waals surface area contributed by atoms with Crippen molar-refractivity contribution in [3.05, 3.63) is 62.3 Å². The Morgan fingerprint density at radius 3 is 2.58 bits per heavy atom. The fraction of sp³-hybridized carbons (Fsp3) is 0.267. The predicted octanol–water partition coefficient (Wildman–Crippen LogP) is 4.42. The quantitative estimate of drug-likeness (QED) is 0.845. The average Bonchev–Trinajstić information content (AvgIpc) is 2.39. The number of rotatable bonds is 4. The maximum absolute atomic E-state index is 4.44. The van der Waals surface area contributed by atoms with Crippen LogP contribution in [-0.4, -0.2) is 12.0 Å². The zero-order valence-electron chi connectivity index (χ0n) is 11.0. The Labute approximate surface area is 130 Å². The Bertz CT molecular complexity index is 553. The van der Waals surface area contributed by atoms with Crippen molar-refractivity contribution < 1.29 is 0 Å². The van der Waals surface area contributed by atoms with E-state index in [2.05, 4.69) is 73.3 Å². The van der Waals surface area contributed by atoms with Gasteiger partial charge in [-0.05, 0) is 59.2 Å². The number of pyridine rings is 1. The van der Waals surface area contributed by atoms with E-state index in [9.17, 15) is 0 Å². The van der Waals surface area contributed by atoms with Gasteiger partial charge in [0.2, 0.25) is 0 Å². The number of nitrogens with one attached hydrogen (secondary N) is 1. The normalized spacial score (nSPS) is 12.4. The topological polar surface area (TPSA) is 24.9 Å². The van der Waals surface area contributed by atoms with E-state index in [0.717, 1.165) is 21.1 Å². The number of benzene rings is 1. The molecule has 2 nitrogen and oxygen atoms in total. The molecule has 4 heteroatoms. The van der Waals surface area contributed by atoms with Crippen LogP contribution in [0.4, 0.5) is 0 Å². The molecule has 2 aromatic rings. The number of hydrogen-bond acceptors (Lipinski definition) is 2. The number of halogens is 2. The summed E-state index contributed by atoms with van der Waals surface area (Å²) in [6.45, 7) is 2.10. The number of nitrogens with zero attached hydrogens (tertiary/aromatic N) is 1. The molecule has 0 aliphatic carbocycles. The van der Waals surface area contributed by atoms with Crippen LogP contribution < -0.4 is 5.32 Å². The van der Waals surface area contributed by atoms with Gasteiger partial charge in [0.1, 0.15) is 0 Å². The van der Waals surface area contributed by atoms with Crippen LogP contribution in [0.3, 0.4) is 0 Å². The molecule has 0 saturated carbocycles. The summed E-state index contributed by atoms with van der Waals surface area (Å²) >= 11 is 7.05. The Balaban J connectivity index is 2.22. The minimum absolute atomic E-state index is 0.253. The van der Waals surface area contributed by atoms with Crippen LogP contribution in [0.25, 0.3) is 0 Å². The van der Waals surface area contributed by atoms with Crippen molar-refractivity contribution >= 4 is 31.9 Å². The smallest absolute Gasteiger partial charge is 0.0423 e. The average molecular weight is 384 g/mol. The molecule has 19 heavy (non-hydrogen) atoms. The molecule has 1 aromatic carbocycles. The van der Waals surface area contributed by atoms with E-state index in [1.54, 1.807) is 0 Å². The first kappa shape index (κ1) is 14.7. The highest BCUT2D eigenvalue weighted by molar-refractivity contribution is 9.10. The van der Waals surface area contributed by atoms with Gasteiger partial charge in [0.05, 0.1) is 0 Å². The van der Waals surface area contributed by atoms with Crippen LogP contribution in [0.15, 0.2) is 45.5 Å². The highest BCUT2D eigenvalue weighted by atomic mass is 79.9. The van der Waals surface area contributed by atoms with Gasteiger partial charge in [-0.2, -0.15) is 0 Å². The fourth-order valence-corrected chi connectivity index (χ4v) is 3.02. The molecule has 0 radical (unpaired) electrons. The van der Waals surface area contributed by atoms with E-state index < -0.39 is 0 Å². The summed E-state index contributed by atoms with van der Waals surface area (Å²) in [5, 5.41) is 3.36. The van der Waals surface area contributed by atoms with E-state index in [4.69, 9.17) is 0 Å². The lowest BCUT2D eigenvalue weighted by Crippen LogP contribution is -2.19.